The van der Waals surface area contributed by atoms with Crippen molar-refractivity contribution < 1.29 is 19.6 Å². The summed E-state index contributed by atoms with van der Waals surface area (Å²) >= 11 is 3.12. The molecular formula is C22H17BrN4O5. The van der Waals surface area contributed by atoms with E-state index in [-0.39, 0.29) is 17.0 Å². The second kappa shape index (κ2) is 9.84. The monoisotopic (exact) mass is 496 g/mol. The largest absolute Gasteiger partial charge is 0.502 e. The molecule has 0 aromatic heterocycles. The number of carbonyl (C=O) groups is 2. The van der Waals surface area contributed by atoms with Gasteiger partial charge in [-0.25, -0.2) is 5.43 Å². The van der Waals surface area contributed by atoms with Crippen LogP contribution in [0.1, 0.15) is 31.8 Å². The molecule has 3 aromatic carbocycles. The van der Waals surface area contributed by atoms with Crippen LogP contribution in [-0.4, -0.2) is 28.1 Å². The average Bonchev–Trinajstić information content (AvgIpc) is 2.76. The molecule has 0 radical (unpaired) electrons. The van der Waals surface area contributed by atoms with Gasteiger partial charge in [0.05, 0.1) is 11.1 Å². The van der Waals surface area contributed by atoms with Gasteiger partial charge in [-0.1, -0.05) is 39.7 Å². The molecule has 10 heteroatoms. The molecule has 0 aliphatic heterocycles. The summed E-state index contributed by atoms with van der Waals surface area (Å²) in [6.07, 6.45) is 1.09. The first-order chi connectivity index (χ1) is 15.2. The fraction of sp³-hybridized carbons (Fsp3) is 0.0455. The smallest absolute Gasteiger partial charge is 0.312 e. The number of aryl methyl sites for hydroxylation is 1. The number of carbonyl (C=O) groups excluding carboxylic acids is 2. The SMILES string of the molecule is Cc1ccc(C(=O)Nc2cccc(C(=O)N/N=C\c3cc(Br)cc([N+](=O)[O-])c3O)c2)cc1. The van der Waals surface area contributed by atoms with E-state index in [1.54, 1.807) is 24.3 Å². The molecule has 9 nitrogen and oxygen atoms in total. The highest BCUT2D eigenvalue weighted by atomic mass is 79.9. The fourth-order valence-electron chi connectivity index (χ4n) is 2.71. The Balaban J connectivity index is 1.69. The molecule has 0 aliphatic carbocycles. The molecule has 32 heavy (non-hydrogen) atoms. The maximum Gasteiger partial charge on any atom is 0.312 e. The minimum absolute atomic E-state index is 0.0467. The number of aromatic hydroxyl groups is 1. The minimum atomic E-state index is -0.730. The Labute approximate surface area is 191 Å². The molecule has 0 fully saturated rings. The number of nitro benzene ring substituents is 1. The fourth-order valence-corrected chi connectivity index (χ4v) is 3.18. The van der Waals surface area contributed by atoms with Gasteiger partial charge in [-0.2, -0.15) is 5.10 Å². The number of anilines is 1. The van der Waals surface area contributed by atoms with Gasteiger partial charge < -0.3 is 10.4 Å². The van der Waals surface area contributed by atoms with E-state index in [1.165, 1.54) is 18.2 Å². The number of nitrogens with zero attached hydrogens (tertiary/aromatic N) is 2. The van der Waals surface area contributed by atoms with Gasteiger partial charge in [-0.05, 0) is 43.3 Å². The van der Waals surface area contributed by atoms with E-state index >= 15 is 0 Å². The van der Waals surface area contributed by atoms with Gasteiger partial charge in [0.15, 0.2) is 0 Å². The zero-order valence-electron chi connectivity index (χ0n) is 16.7. The molecule has 0 heterocycles. The number of benzene rings is 3. The molecule has 0 unspecified atom stereocenters. The van der Waals surface area contributed by atoms with Crippen LogP contribution in [0.3, 0.4) is 0 Å². The predicted octanol–water partition coefficient (Wildman–Crippen LogP) is 4.39. The molecule has 3 rings (SSSR count). The first kappa shape index (κ1) is 22.6. The molecule has 3 N–H and O–H groups in total. The van der Waals surface area contributed by atoms with Crippen LogP contribution in [0.2, 0.25) is 0 Å². The zero-order valence-corrected chi connectivity index (χ0v) is 18.3. The normalized spacial score (nSPS) is 10.7. The van der Waals surface area contributed by atoms with E-state index in [1.807, 2.05) is 19.1 Å². The first-order valence-corrected chi connectivity index (χ1v) is 10.0. The summed E-state index contributed by atoms with van der Waals surface area (Å²) in [5.41, 5.74) is 4.00. The Morgan fingerprint density at radius 3 is 2.47 bits per heavy atom. The van der Waals surface area contributed by atoms with Crippen molar-refractivity contribution in [3.8, 4) is 5.75 Å². The number of nitrogens with one attached hydrogen (secondary N) is 2. The Bertz CT molecular complexity index is 1230. The van der Waals surface area contributed by atoms with E-state index in [2.05, 4.69) is 31.8 Å². The summed E-state index contributed by atoms with van der Waals surface area (Å²) < 4.78 is 0.367. The van der Waals surface area contributed by atoms with E-state index < -0.39 is 22.3 Å². The van der Waals surface area contributed by atoms with Crippen LogP contribution >= 0.6 is 15.9 Å². The number of hydrogen-bond donors (Lipinski definition) is 3. The van der Waals surface area contributed by atoms with Crippen molar-refractivity contribution >= 4 is 45.3 Å². The van der Waals surface area contributed by atoms with Gasteiger partial charge in [-0.3, -0.25) is 19.7 Å². The number of hydrogen-bond acceptors (Lipinski definition) is 6. The number of hydrazone groups is 1. The Morgan fingerprint density at radius 1 is 1.06 bits per heavy atom. The third-order valence-corrected chi connectivity index (χ3v) is 4.80. The summed E-state index contributed by atoms with van der Waals surface area (Å²) in [5.74, 6) is -1.46. The van der Waals surface area contributed by atoms with Crippen LogP contribution in [0.15, 0.2) is 70.2 Å². The van der Waals surface area contributed by atoms with Crippen molar-refractivity contribution in [1.29, 1.82) is 0 Å². The van der Waals surface area contributed by atoms with E-state index in [0.29, 0.717) is 15.7 Å². The number of halogens is 1. The molecule has 0 aliphatic rings. The molecule has 0 spiro atoms. The van der Waals surface area contributed by atoms with Gasteiger partial charge in [0.25, 0.3) is 11.8 Å². The molecular weight excluding hydrogens is 480 g/mol. The second-order valence-corrected chi connectivity index (χ2v) is 7.64. The maximum atomic E-state index is 12.4. The predicted molar refractivity (Wildman–Crippen MR) is 123 cm³/mol. The van der Waals surface area contributed by atoms with Crippen molar-refractivity contribution in [2.24, 2.45) is 5.10 Å². The lowest BCUT2D eigenvalue weighted by atomic mass is 10.1. The van der Waals surface area contributed by atoms with Crippen LogP contribution in [0.25, 0.3) is 0 Å². The summed E-state index contributed by atoms with van der Waals surface area (Å²) in [7, 11) is 0. The van der Waals surface area contributed by atoms with Crippen LogP contribution in [0.4, 0.5) is 11.4 Å². The number of phenolic OH excluding ortho intramolecular Hbond substituents is 1. The van der Waals surface area contributed by atoms with Crippen LogP contribution in [0.5, 0.6) is 5.75 Å². The molecule has 0 saturated carbocycles. The lowest BCUT2D eigenvalue weighted by Crippen LogP contribution is -2.18. The topological polar surface area (TPSA) is 134 Å². The first-order valence-electron chi connectivity index (χ1n) is 9.23. The maximum absolute atomic E-state index is 12.4. The number of nitro groups is 1. The van der Waals surface area contributed by atoms with Crippen molar-refractivity contribution in [2.45, 2.75) is 6.92 Å². The highest BCUT2D eigenvalue weighted by Gasteiger charge is 2.17. The van der Waals surface area contributed by atoms with Gasteiger partial charge in [0.1, 0.15) is 0 Å². The summed E-state index contributed by atoms with van der Waals surface area (Å²) in [6.45, 7) is 1.92. The lowest BCUT2D eigenvalue weighted by Gasteiger charge is -2.07. The Hall–Kier alpha value is -4.05. The van der Waals surface area contributed by atoms with Crippen molar-refractivity contribution in [3.05, 3.63) is 97.5 Å². The number of rotatable bonds is 6. The highest BCUT2D eigenvalue weighted by molar-refractivity contribution is 9.10. The third kappa shape index (κ3) is 5.55. The van der Waals surface area contributed by atoms with Gasteiger partial charge >= 0.3 is 5.69 Å². The van der Waals surface area contributed by atoms with Crippen molar-refractivity contribution in [1.82, 2.24) is 5.43 Å². The van der Waals surface area contributed by atoms with E-state index in [9.17, 15) is 24.8 Å². The molecule has 0 saturated heterocycles. The van der Waals surface area contributed by atoms with E-state index in [0.717, 1.165) is 17.8 Å². The van der Waals surface area contributed by atoms with Crippen molar-refractivity contribution in [3.63, 3.8) is 0 Å². The quantitative estimate of drug-likeness (QED) is 0.264. The zero-order chi connectivity index (χ0) is 23.3. The molecule has 162 valence electrons. The average molecular weight is 497 g/mol. The van der Waals surface area contributed by atoms with Crippen molar-refractivity contribution in [2.75, 3.05) is 5.32 Å². The third-order valence-electron chi connectivity index (χ3n) is 4.35. The minimum Gasteiger partial charge on any atom is -0.502 e. The van der Waals surface area contributed by atoms with Crippen LogP contribution in [-0.2, 0) is 0 Å². The Kier molecular flexibility index (Phi) is 6.96. The number of amides is 2. The second-order valence-electron chi connectivity index (χ2n) is 6.72. The summed E-state index contributed by atoms with van der Waals surface area (Å²) in [6, 6.07) is 15.9. The molecule has 0 bridgehead atoms. The van der Waals surface area contributed by atoms with Crippen LogP contribution < -0.4 is 10.7 Å². The standard InChI is InChI=1S/C22H17BrN4O5/c1-13-5-7-14(8-6-13)21(29)25-18-4-2-3-15(10-18)22(30)26-24-12-16-9-17(23)11-19(20(16)28)27(31)32/h2-12,28H,1H3,(H,25,29)(H,26,30)/b24-12-. The summed E-state index contributed by atoms with van der Waals surface area (Å²) in [5, 5.41) is 27.5. The molecule has 2 amide bonds. The van der Waals surface area contributed by atoms with Gasteiger partial charge in [0.2, 0.25) is 5.75 Å². The Morgan fingerprint density at radius 2 is 1.78 bits per heavy atom. The number of phenols is 1. The molecule has 0 atom stereocenters. The molecule has 3 aromatic rings. The van der Waals surface area contributed by atoms with Gasteiger partial charge in [0, 0.05) is 32.9 Å². The highest BCUT2D eigenvalue weighted by Crippen LogP contribution is 2.32. The van der Waals surface area contributed by atoms with Crippen LogP contribution in [0, 0.1) is 17.0 Å². The summed E-state index contributed by atoms with van der Waals surface area (Å²) in [4.78, 5) is 35.0. The lowest BCUT2D eigenvalue weighted by molar-refractivity contribution is -0.385. The van der Waals surface area contributed by atoms with Gasteiger partial charge in [-0.15, -0.1) is 0 Å². The van der Waals surface area contributed by atoms with E-state index in [4.69, 9.17) is 0 Å².